The predicted octanol–water partition coefficient (Wildman–Crippen LogP) is 5.37. The predicted molar refractivity (Wildman–Crippen MR) is 111 cm³/mol. The van der Waals surface area contributed by atoms with E-state index < -0.39 is 0 Å². The zero-order valence-electron chi connectivity index (χ0n) is 16.3. The lowest BCUT2D eigenvalue weighted by molar-refractivity contribution is 0.181. The molecule has 28 heavy (non-hydrogen) atoms. The van der Waals surface area contributed by atoms with Gasteiger partial charge in [0.1, 0.15) is 5.75 Å². The van der Waals surface area contributed by atoms with Crippen molar-refractivity contribution in [2.75, 3.05) is 11.9 Å². The number of anilines is 1. The van der Waals surface area contributed by atoms with Gasteiger partial charge in [0.2, 0.25) is 0 Å². The number of carbonyl (C=O) groups excluding carboxylic acids is 1. The number of aromatic nitrogens is 1. The standard InChI is InChI=1S/C23H25N3O2/c1-3-19-21-13-9-15-25(21)20-12-7-5-10-17(20)16-26(19)23(27)24-18-11-6-8-14-22(18)28-4-2/h5-15,19H,3-4,16H2,1-2H3,(H,24,27). The first-order valence-electron chi connectivity index (χ1n) is 9.78. The Labute approximate surface area is 165 Å². The second kappa shape index (κ2) is 7.80. The van der Waals surface area contributed by atoms with Crippen molar-refractivity contribution < 1.29 is 9.53 Å². The first kappa shape index (κ1) is 18.2. The minimum atomic E-state index is -0.122. The van der Waals surface area contributed by atoms with E-state index in [1.54, 1.807) is 0 Å². The molecule has 0 saturated carbocycles. The molecule has 0 radical (unpaired) electrons. The molecule has 1 N–H and O–H groups in total. The average molecular weight is 375 g/mol. The molecule has 0 spiro atoms. The molecule has 1 aliphatic rings. The van der Waals surface area contributed by atoms with Gasteiger partial charge in [0.05, 0.1) is 30.6 Å². The van der Waals surface area contributed by atoms with Crippen LogP contribution in [0.25, 0.3) is 5.69 Å². The van der Waals surface area contributed by atoms with Crippen LogP contribution in [0.1, 0.15) is 37.6 Å². The van der Waals surface area contributed by atoms with E-state index in [9.17, 15) is 4.79 Å². The topological polar surface area (TPSA) is 46.5 Å². The lowest BCUT2D eigenvalue weighted by Crippen LogP contribution is -2.37. The number of carbonyl (C=O) groups is 1. The fourth-order valence-electron chi connectivity index (χ4n) is 3.90. The van der Waals surface area contributed by atoms with Gasteiger partial charge in [-0.1, -0.05) is 37.3 Å². The zero-order valence-corrected chi connectivity index (χ0v) is 16.3. The summed E-state index contributed by atoms with van der Waals surface area (Å²) in [5, 5.41) is 3.06. The van der Waals surface area contributed by atoms with Crippen molar-refractivity contribution in [1.29, 1.82) is 0 Å². The number of rotatable bonds is 4. The molecule has 5 heteroatoms. The maximum atomic E-state index is 13.3. The number of para-hydroxylation sites is 3. The smallest absolute Gasteiger partial charge is 0.322 e. The van der Waals surface area contributed by atoms with Crippen LogP contribution in [-0.2, 0) is 6.54 Å². The summed E-state index contributed by atoms with van der Waals surface area (Å²) in [4.78, 5) is 15.3. The molecule has 144 valence electrons. The van der Waals surface area contributed by atoms with E-state index in [1.165, 1.54) is 0 Å². The van der Waals surface area contributed by atoms with Gasteiger partial charge in [-0.3, -0.25) is 0 Å². The molecule has 5 nitrogen and oxygen atoms in total. The van der Waals surface area contributed by atoms with Gasteiger partial charge in [0.15, 0.2) is 0 Å². The molecule has 3 aromatic rings. The van der Waals surface area contributed by atoms with E-state index in [0.717, 1.165) is 23.4 Å². The second-order valence-electron chi connectivity index (χ2n) is 6.84. The van der Waals surface area contributed by atoms with Gasteiger partial charge in [-0.05, 0) is 49.2 Å². The molecular weight excluding hydrogens is 350 g/mol. The lowest BCUT2D eigenvalue weighted by Gasteiger charge is -2.30. The number of hydrogen-bond donors (Lipinski definition) is 1. The maximum absolute atomic E-state index is 13.3. The molecule has 2 heterocycles. The Balaban J connectivity index is 1.70. The van der Waals surface area contributed by atoms with Gasteiger partial charge >= 0.3 is 6.03 Å². The SMILES string of the molecule is CCOc1ccccc1NC(=O)N1Cc2ccccc2-n2cccc2C1CC. The number of benzene rings is 2. The number of ether oxygens (including phenoxy) is 1. The molecule has 1 aliphatic heterocycles. The number of urea groups is 1. The molecule has 0 aliphatic carbocycles. The largest absolute Gasteiger partial charge is 0.492 e. The Morgan fingerprint density at radius 1 is 1.07 bits per heavy atom. The molecule has 1 aromatic heterocycles. The van der Waals surface area contributed by atoms with Crippen molar-refractivity contribution in [3.63, 3.8) is 0 Å². The summed E-state index contributed by atoms with van der Waals surface area (Å²) in [6.07, 6.45) is 2.90. The van der Waals surface area contributed by atoms with Gasteiger partial charge in [-0.2, -0.15) is 0 Å². The highest BCUT2D eigenvalue weighted by Gasteiger charge is 2.30. The monoisotopic (exact) mass is 375 g/mol. The van der Waals surface area contributed by atoms with Gasteiger partial charge in [-0.25, -0.2) is 4.79 Å². The summed E-state index contributed by atoms with van der Waals surface area (Å²) < 4.78 is 7.87. The van der Waals surface area contributed by atoms with E-state index >= 15 is 0 Å². The Hall–Kier alpha value is -3.21. The first-order chi connectivity index (χ1) is 13.7. The van der Waals surface area contributed by atoms with Gasteiger partial charge in [0.25, 0.3) is 0 Å². The Bertz CT molecular complexity index is 979. The molecule has 0 fully saturated rings. The van der Waals surface area contributed by atoms with E-state index in [1.807, 2.05) is 54.3 Å². The van der Waals surface area contributed by atoms with Crippen LogP contribution in [0.15, 0.2) is 66.9 Å². The molecule has 2 aromatic carbocycles. The van der Waals surface area contributed by atoms with Crippen LogP contribution in [0, 0.1) is 0 Å². The van der Waals surface area contributed by atoms with Crippen molar-refractivity contribution in [1.82, 2.24) is 9.47 Å². The van der Waals surface area contributed by atoms with E-state index in [4.69, 9.17) is 4.74 Å². The normalized spacial score (nSPS) is 15.4. The van der Waals surface area contributed by atoms with Crippen LogP contribution >= 0.6 is 0 Å². The molecular formula is C23H25N3O2. The number of hydrogen-bond acceptors (Lipinski definition) is 2. The summed E-state index contributed by atoms with van der Waals surface area (Å²) in [5.41, 5.74) is 4.08. The Morgan fingerprint density at radius 3 is 2.68 bits per heavy atom. The second-order valence-corrected chi connectivity index (χ2v) is 6.84. The summed E-state index contributed by atoms with van der Waals surface area (Å²) in [7, 11) is 0. The lowest BCUT2D eigenvalue weighted by atomic mass is 10.1. The van der Waals surface area contributed by atoms with E-state index in [2.05, 4.69) is 41.2 Å². The Morgan fingerprint density at radius 2 is 1.86 bits per heavy atom. The molecule has 2 amide bonds. The fourth-order valence-corrected chi connectivity index (χ4v) is 3.90. The summed E-state index contributed by atoms with van der Waals surface area (Å²) in [5.74, 6) is 0.685. The highest BCUT2D eigenvalue weighted by atomic mass is 16.5. The van der Waals surface area contributed by atoms with Gasteiger partial charge < -0.3 is 19.5 Å². The highest BCUT2D eigenvalue weighted by molar-refractivity contribution is 5.91. The van der Waals surface area contributed by atoms with Crippen molar-refractivity contribution >= 4 is 11.7 Å². The third-order valence-electron chi connectivity index (χ3n) is 5.17. The van der Waals surface area contributed by atoms with Crippen molar-refractivity contribution in [2.45, 2.75) is 32.9 Å². The number of nitrogens with one attached hydrogen (secondary N) is 1. The third kappa shape index (κ3) is 3.24. The molecule has 0 bridgehead atoms. The minimum Gasteiger partial charge on any atom is -0.492 e. The van der Waals surface area contributed by atoms with Crippen LogP contribution in [0.2, 0.25) is 0 Å². The highest BCUT2D eigenvalue weighted by Crippen LogP contribution is 2.35. The minimum absolute atomic E-state index is 0.0124. The number of fused-ring (bicyclic) bond motifs is 3. The van der Waals surface area contributed by atoms with Crippen LogP contribution in [0.5, 0.6) is 5.75 Å². The average Bonchev–Trinajstić information content (AvgIpc) is 3.14. The molecule has 1 atom stereocenters. The van der Waals surface area contributed by atoms with Crippen molar-refractivity contribution in [2.24, 2.45) is 0 Å². The molecule has 0 saturated heterocycles. The summed E-state index contributed by atoms with van der Waals surface area (Å²) in [6, 6.07) is 19.8. The van der Waals surface area contributed by atoms with Crippen LogP contribution < -0.4 is 10.1 Å². The van der Waals surface area contributed by atoms with Crippen LogP contribution in [0.4, 0.5) is 10.5 Å². The van der Waals surface area contributed by atoms with Gasteiger partial charge in [-0.15, -0.1) is 0 Å². The van der Waals surface area contributed by atoms with E-state index in [-0.39, 0.29) is 12.1 Å². The molecule has 4 rings (SSSR count). The van der Waals surface area contributed by atoms with Gasteiger partial charge in [0, 0.05) is 11.9 Å². The number of amides is 2. The summed E-state index contributed by atoms with van der Waals surface area (Å²) >= 11 is 0. The van der Waals surface area contributed by atoms with Crippen LogP contribution in [0.3, 0.4) is 0 Å². The van der Waals surface area contributed by atoms with Crippen molar-refractivity contribution in [3.05, 3.63) is 78.1 Å². The number of nitrogens with zero attached hydrogens (tertiary/aromatic N) is 2. The third-order valence-corrected chi connectivity index (χ3v) is 5.17. The van der Waals surface area contributed by atoms with Crippen LogP contribution in [-0.4, -0.2) is 22.1 Å². The Kier molecular flexibility index (Phi) is 5.06. The quantitative estimate of drug-likeness (QED) is 0.666. The molecule has 1 unspecified atom stereocenters. The fraction of sp³-hybridized carbons (Fsp3) is 0.261. The van der Waals surface area contributed by atoms with E-state index in [0.29, 0.717) is 24.6 Å². The zero-order chi connectivity index (χ0) is 19.5. The van der Waals surface area contributed by atoms with Crippen molar-refractivity contribution in [3.8, 4) is 11.4 Å². The summed E-state index contributed by atoms with van der Waals surface area (Å²) in [6.45, 7) is 5.16. The maximum Gasteiger partial charge on any atom is 0.322 e. The first-order valence-corrected chi connectivity index (χ1v) is 9.78.